The topological polar surface area (TPSA) is 64.2 Å². The van der Waals surface area contributed by atoms with Crippen LogP contribution in [0, 0.1) is 6.92 Å². The fourth-order valence-electron chi connectivity index (χ4n) is 4.18. The van der Waals surface area contributed by atoms with Crippen LogP contribution in [0.5, 0.6) is 0 Å². The van der Waals surface area contributed by atoms with Crippen LogP contribution in [0.15, 0.2) is 53.4 Å². The van der Waals surface area contributed by atoms with Gasteiger partial charge in [0.25, 0.3) is 0 Å². The molecule has 0 atom stereocenters. The number of carbonyl (C=O) groups excluding carboxylic acids is 1. The summed E-state index contributed by atoms with van der Waals surface area (Å²) in [6, 6.07) is 14.7. The van der Waals surface area contributed by atoms with Crippen molar-refractivity contribution in [1.29, 1.82) is 0 Å². The van der Waals surface area contributed by atoms with E-state index in [0.717, 1.165) is 29.4 Å². The van der Waals surface area contributed by atoms with Crippen LogP contribution in [0.3, 0.4) is 0 Å². The molecule has 0 unspecified atom stereocenters. The van der Waals surface area contributed by atoms with Gasteiger partial charge in [0.2, 0.25) is 15.9 Å². The molecular weight excluding hydrogens is 448 g/mol. The molecule has 2 fully saturated rings. The monoisotopic (exact) mass is 476 g/mol. The quantitative estimate of drug-likeness (QED) is 0.662. The predicted molar refractivity (Wildman–Crippen MR) is 127 cm³/mol. The minimum atomic E-state index is -3.49. The van der Waals surface area contributed by atoms with Gasteiger partial charge in [-0.3, -0.25) is 9.69 Å². The molecule has 4 rings (SSSR count). The maximum Gasteiger partial charge on any atom is 0.243 e. The van der Waals surface area contributed by atoms with E-state index in [1.807, 2.05) is 53.1 Å². The van der Waals surface area contributed by atoms with E-state index in [-0.39, 0.29) is 5.91 Å². The van der Waals surface area contributed by atoms with Crippen LogP contribution < -0.4 is 4.90 Å². The second-order valence-corrected chi connectivity index (χ2v) is 10.7. The first kappa shape index (κ1) is 23.0. The average Bonchev–Trinajstić information content (AvgIpc) is 2.80. The van der Waals surface area contributed by atoms with Crippen molar-refractivity contribution in [3.8, 4) is 0 Å². The van der Waals surface area contributed by atoms with Crippen molar-refractivity contribution in [3.05, 3.63) is 59.1 Å². The minimum Gasteiger partial charge on any atom is -0.367 e. The van der Waals surface area contributed by atoms with Gasteiger partial charge in [-0.05, 0) is 31.2 Å². The lowest BCUT2D eigenvalue weighted by Crippen LogP contribution is -2.54. The highest BCUT2D eigenvalue weighted by molar-refractivity contribution is 7.89. The van der Waals surface area contributed by atoms with Crippen LogP contribution in [0.2, 0.25) is 5.02 Å². The van der Waals surface area contributed by atoms with E-state index in [4.69, 9.17) is 11.6 Å². The Hall–Kier alpha value is -2.13. The van der Waals surface area contributed by atoms with E-state index < -0.39 is 10.0 Å². The zero-order valence-corrected chi connectivity index (χ0v) is 19.9. The number of hydrogen-bond donors (Lipinski definition) is 0. The van der Waals surface area contributed by atoms with Gasteiger partial charge in [-0.25, -0.2) is 8.42 Å². The molecule has 0 radical (unpaired) electrons. The molecule has 7 nitrogen and oxygen atoms in total. The zero-order chi connectivity index (χ0) is 22.7. The molecule has 0 aromatic heterocycles. The zero-order valence-electron chi connectivity index (χ0n) is 18.3. The molecule has 1 amide bonds. The van der Waals surface area contributed by atoms with E-state index in [2.05, 4.69) is 4.90 Å². The maximum atomic E-state index is 12.9. The van der Waals surface area contributed by atoms with Gasteiger partial charge < -0.3 is 9.80 Å². The summed E-state index contributed by atoms with van der Waals surface area (Å²) in [5.74, 6) is 0.0960. The number of rotatable bonds is 5. The van der Waals surface area contributed by atoms with Crippen LogP contribution in [0.1, 0.15) is 5.56 Å². The largest absolute Gasteiger partial charge is 0.367 e. The third-order valence-electron chi connectivity index (χ3n) is 6.17. The van der Waals surface area contributed by atoms with Crippen LogP contribution in [-0.2, 0) is 14.8 Å². The number of piperazine rings is 2. The molecule has 0 bridgehead atoms. The van der Waals surface area contributed by atoms with E-state index in [1.54, 1.807) is 12.1 Å². The summed E-state index contributed by atoms with van der Waals surface area (Å²) < 4.78 is 27.2. The molecule has 9 heteroatoms. The summed E-state index contributed by atoms with van der Waals surface area (Å²) in [6.45, 7) is 6.96. The number of anilines is 1. The first-order valence-corrected chi connectivity index (χ1v) is 12.7. The third-order valence-corrected chi connectivity index (χ3v) is 8.41. The molecule has 2 aliphatic rings. The van der Waals surface area contributed by atoms with E-state index in [1.165, 1.54) is 4.31 Å². The van der Waals surface area contributed by atoms with Crippen LogP contribution in [0.25, 0.3) is 0 Å². The summed E-state index contributed by atoms with van der Waals surface area (Å²) in [4.78, 5) is 19.3. The third kappa shape index (κ3) is 5.09. The molecule has 2 saturated heterocycles. The Morgan fingerprint density at radius 3 is 2.12 bits per heavy atom. The van der Waals surface area contributed by atoms with Gasteiger partial charge in [0.05, 0.1) is 22.2 Å². The van der Waals surface area contributed by atoms with Crippen molar-refractivity contribution in [1.82, 2.24) is 14.1 Å². The molecule has 2 aromatic rings. The smallest absolute Gasteiger partial charge is 0.243 e. The Bertz CT molecular complexity index is 1050. The lowest BCUT2D eigenvalue weighted by atomic mass is 10.2. The van der Waals surface area contributed by atoms with Gasteiger partial charge in [0.1, 0.15) is 0 Å². The van der Waals surface area contributed by atoms with Gasteiger partial charge in [-0.2, -0.15) is 4.31 Å². The van der Waals surface area contributed by atoms with Gasteiger partial charge in [-0.15, -0.1) is 0 Å². The Morgan fingerprint density at radius 2 is 1.50 bits per heavy atom. The van der Waals surface area contributed by atoms with Gasteiger partial charge >= 0.3 is 0 Å². The molecule has 0 aliphatic carbocycles. The summed E-state index contributed by atoms with van der Waals surface area (Å²) in [5, 5.41) is 0.728. The van der Waals surface area contributed by atoms with Gasteiger partial charge in [0, 0.05) is 52.4 Å². The van der Waals surface area contributed by atoms with E-state index in [9.17, 15) is 13.2 Å². The number of amides is 1. The number of para-hydroxylation sites is 1. The van der Waals surface area contributed by atoms with Crippen LogP contribution >= 0.6 is 11.6 Å². The number of aryl methyl sites for hydroxylation is 1. The lowest BCUT2D eigenvalue weighted by Gasteiger charge is -2.38. The molecule has 2 aromatic carbocycles. The Balaban J connectivity index is 1.26. The minimum absolute atomic E-state index is 0.0960. The highest BCUT2D eigenvalue weighted by Gasteiger charge is 2.30. The number of carbonyl (C=O) groups is 1. The Kier molecular flexibility index (Phi) is 7.05. The molecule has 2 heterocycles. The summed E-state index contributed by atoms with van der Waals surface area (Å²) in [5.41, 5.74) is 2.03. The van der Waals surface area contributed by atoms with Crippen molar-refractivity contribution in [2.75, 3.05) is 63.8 Å². The lowest BCUT2D eigenvalue weighted by molar-refractivity contribution is -0.133. The maximum absolute atomic E-state index is 12.9. The summed E-state index contributed by atoms with van der Waals surface area (Å²) >= 11 is 6.30. The van der Waals surface area contributed by atoms with Gasteiger partial charge in [-0.1, -0.05) is 41.4 Å². The molecule has 0 N–H and O–H groups in total. The number of hydrogen-bond acceptors (Lipinski definition) is 5. The van der Waals surface area contributed by atoms with E-state index in [0.29, 0.717) is 50.7 Å². The highest BCUT2D eigenvalue weighted by Crippen LogP contribution is 2.26. The van der Waals surface area contributed by atoms with Crippen LogP contribution in [0.4, 0.5) is 5.69 Å². The Morgan fingerprint density at radius 1 is 0.875 bits per heavy atom. The molecule has 172 valence electrons. The summed E-state index contributed by atoms with van der Waals surface area (Å²) in [7, 11) is -3.49. The Labute approximate surface area is 195 Å². The summed E-state index contributed by atoms with van der Waals surface area (Å²) in [6.07, 6.45) is 0. The van der Waals surface area contributed by atoms with Crippen molar-refractivity contribution in [3.63, 3.8) is 0 Å². The van der Waals surface area contributed by atoms with Gasteiger partial charge in [0.15, 0.2) is 0 Å². The fourth-order valence-corrected chi connectivity index (χ4v) is 5.86. The number of benzene rings is 2. The van der Waals surface area contributed by atoms with Crippen LogP contribution in [-0.4, -0.2) is 87.3 Å². The van der Waals surface area contributed by atoms with Crippen molar-refractivity contribution in [2.24, 2.45) is 0 Å². The van der Waals surface area contributed by atoms with Crippen molar-refractivity contribution in [2.45, 2.75) is 11.8 Å². The first-order valence-electron chi connectivity index (χ1n) is 10.9. The second-order valence-electron chi connectivity index (χ2n) is 8.31. The molecule has 0 spiro atoms. The number of sulfonamides is 1. The normalized spacial score (nSPS) is 18.7. The first-order chi connectivity index (χ1) is 15.3. The average molecular weight is 477 g/mol. The fraction of sp³-hybridized carbons (Fsp3) is 0.435. The SMILES string of the molecule is Cc1ccc(S(=O)(=O)N2CCN(CC(=O)N3CCN(c4ccccc4Cl)CC3)CC2)cc1. The second kappa shape index (κ2) is 9.79. The van der Waals surface area contributed by atoms with Crippen molar-refractivity contribution < 1.29 is 13.2 Å². The molecular formula is C23H29ClN4O3S. The standard InChI is InChI=1S/C23H29ClN4O3S/c1-19-6-8-20(9-7-19)32(30,31)28-16-10-25(11-17-28)18-23(29)27-14-12-26(13-15-27)22-5-3-2-4-21(22)24/h2-9H,10-18H2,1H3. The highest BCUT2D eigenvalue weighted by atomic mass is 35.5. The predicted octanol–water partition coefficient (Wildman–Crippen LogP) is 2.30. The van der Waals surface area contributed by atoms with Crippen molar-refractivity contribution >= 4 is 33.2 Å². The number of halogens is 1. The van der Waals surface area contributed by atoms with E-state index >= 15 is 0 Å². The molecule has 32 heavy (non-hydrogen) atoms. The molecule has 2 aliphatic heterocycles. The molecule has 0 saturated carbocycles. The number of nitrogens with zero attached hydrogens (tertiary/aromatic N) is 4.